The van der Waals surface area contributed by atoms with Crippen molar-refractivity contribution in [2.45, 2.75) is 25.7 Å². The number of nitrogens with one attached hydrogen (secondary N) is 1. The molecule has 3 N–H and O–H groups in total. The molecule has 5 rings (SSSR count). The van der Waals surface area contributed by atoms with Crippen molar-refractivity contribution in [3.05, 3.63) is 45.3 Å². The Morgan fingerprint density at radius 2 is 1.97 bits per heavy atom. The number of fused-ring (bicyclic) bond motifs is 3. The number of thiophene rings is 1. The highest BCUT2D eigenvalue weighted by Crippen LogP contribution is 2.42. The van der Waals surface area contributed by atoms with Crippen molar-refractivity contribution in [1.82, 2.24) is 4.98 Å². The zero-order valence-electron chi connectivity index (χ0n) is 16.5. The molecule has 6 nitrogen and oxygen atoms in total. The fourth-order valence-corrected chi connectivity index (χ4v) is 5.56. The number of amides is 1. The van der Waals surface area contributed by atoms with Gasteiger partial charge in [0.2, 0.25) is 0 Å². The molecule has 2 aromatic heterocycles. The van der Waals surface area contributed by atoms with E-state index in [1.165, 1.54) is 22.5 Å². The van der Waals surface area contributed by atoms with Crippen LogP contribution in [0.4, 0.5) is 17.2 Å². The molecule has 2 aliphatic rings. The quantitative estimate of drug-likeness (QED) is 0.624. The van der Waals surface area contributed by atoms with Crippen LogP contribution in [0.5, 0.6) is 0 Å². The summed E-state index contributed by atoms with van der Waals surface area (Å²) in [6.07, 6.45) is 4.27. The maximum atomic E-state index is 13.0. The number of nitrogens with two attached hydrogens (primary N) is 1. The zero-order chi connectivity index (χ0) is 20.7. The normalized spacial score (nSPS) is 16.5. The van der Waals surface area contributed by atoms with Gasteiger partial charge in [-0.2, -0.15) is 0 Å². The minimum absolute atomic E-state index is 0.227. The minimum atomic E-state index is -0.227. The number of nitrogens with zero attached hydrogens (tertiary/aromatic N) is 2. The summed E-state index contributed by atoms with van der Waals surface area (Å²) in [6, 6.07) is 7.11. The van der Waals surface area contributed by atoms with Gasteiger partial charge in [0.25, 0.3) is 5.91 Å². The molecule has 156 valence electrons. The van der Waals surface area contributed by atoms with Crippen LogP contribution >= 0.6 is 22.9 Å². The number of carbonyl (C=O) groups excluding carboxylic acids is 1. The van der Waals surface area contributed by atoms with Gasteiger partial charge in [0.05, 0.1) is 18.9 Å². The second-order valence-corrected chi connectivity index (χ2v) is 9.12. The van der Waals surface area contributed by atoms with E-state index in [1.54, 1.807) is 18.2 Å². The van der Waals surface area contributed by atoms with E-state index in [1.807, 2.05) is 6.07 Å². The van der Waals surface area contributed by atoms with Gasteiger partial charge >= 0.3 is 0 Å². The lowest BCUT2D eigenvalue weighted by Crippen LogP contribution is -2.37. The summed E-state index contributed by atoms with van der Waals surface area (Å²) in [5.74, 6) is 0.818. The molecular formula is C22H23ClN4O2S. The topological polar surface area (TPSA) is 80.5 Å². The second-order valence-electron chi connectivity index (χ2n) is 7.69. The van der Waals surface area contributed by atoms with Gasteiger partial charge in [0, 0.05) is 29.2 Å². The third-order valence-electron chi connectivity index (χ3n) is 5.77. The molecule has 8 heteroatoms. The maximum Gasteiger partial charge on any atom is 0.267 e. The second kappa shape index (κ2) is 8.06. The number of nitrogen functional groups attached to an aromatic ring is 1. The Hall–Kier alpha value is -2.35. The number of ether oxygens (including phenoxy) is 1. The fourth-order valence-electron chi connectivity index (χ4n) is 4.35. The molecule has 0 unspecified atom stereocenters. The van der Waals surface area contributed by atoms with Crippen LogP contribution in [0, 0.1) is 0 Å². The van der Waals surface area contributed by atoms with Gasteiger partial charge in [0.15, 0.2) is 0 Å². The smallest absolute Gasteiger partial charge is 0.267 e. The number of morpholine rings is 1. The molecule has 1 aliphatic carbocycles. The Kier molecular flexibility index (Phi) is 5.26. The molecule has 0 saturated carbocycles. The van der Waals surface area contributed by atoms with Gasteiger partial charge in [-0.25, -0.2) is 4.98 Å². The minimum Gasteiger partial charge on any atom is -0.397 e. The lowest BCUT2D eigenvalue weighted by Gasteiger charge is -2.31. The lowest BCUT2D eigenvalue weighted by atomic mass is 9.89. The first kappa shape index (κ1) is 19.6. The van der Waals surface area contributed by atoms with Crippen LogP contribution in [0.1, 0.15) is 33.6 Å². The van der Waals surface area contributed by atoms with Crippen LogP contribution in [-0.2, 0) is 17.6 Å². The number of aromatic nitrogens is 1. The van der Waals surface area contributed by atoms with Crippen molar-refractivity contribution in [3.8, 4) is 0 Å². The lowest BCUT2D eigenvalue weighted by molar-refractivity contribution is 0.103. The average Bonchev–Trinajstić information content (AvgIpc) is 3.10. The Balaban J connectivity index is 1.58. The van der Waals surface area contributed by atoms with Gasteiger partial charge < -0.3 is 20.7 Å². The average molecular weight is 443 g/mol. The number of hydrogen-bond donors (Lipinski definition) is 2. The number of carbonyl (C=O) groups is 1. The van der Waals surface area contributed by atoms with Crippen molar-refractivity contribution in [1.29, 1.82) is 0 Å². The molecular weight excluding hydrogens is 420 g/mol. The summed E-state index contributed by atoms with van der Waals surface area (Å²) < 4.78 is 5.52. The zero-order valence-corrected chi connectivity index (χ0v) is 18.1. The summed E-state index contributed by atoms with van der Waals surface area (Å²) >= 11 is 7.41. The van der Waals surface area contributed by atoms with E-state index < -0.39 is 0 Å². The van der Waals surface area contributed by atoms with Crippen LogP contribution in [0.3, 0.4) is 0 Å². The number of pyridine rings is 1. The molecule has 0 radical (unpaired) electrons. The largest absolute Gasteiger partial charge is 0.397 e. The van der Waals surface area contributed by atoms with E-state index in [4.69, 9.17) is 27.1 Å². The third-order valence-corrected chi connectivity index (χ3v) is 7.11. The van der Waals surface area contributed by atoms with Crippen molar-refractivity contribution in [2.75, 3.05) is 42.3 Å². The van der Waals surface area contributed by atoms with E-state index in [0.717, 1.165) is 54.8 Å². The molecule has 1 amide bonds. The third kappa shape index (κ3) is 3.51. The van der Waals surface area contributed by atoms with Gasteiger partial charge in [-0.05, 0) is 55.0 Å². The molecule has 3 aromatic rings. The molecule has 1 saturated heterocycles. The van der Waals surface area contributed by atoms with E-state index >= 15 is 0 Å². The summed E-state index contributed by atoms with van der Waals surface area (Å²) in [5, 5.41) is 4.44. The van der Waals surface area contributed by atoms with Crippen LogP contribution in [0.25, 0.3) is 10.2 Å². The van der Waals surface area contributed by atoms with Crippen molar-refractivity contribution in [2.24, 2.45) is 0 Å². The number of hydrogen-bond acceptors (Lipinski definition) is 6. The number of halogens is 1. The summed E-state index contributed by atoms with van der Waals surface area (Å²) in [5.41, 5.74) is 10.3. The first-order valence-electron chi connectivity index (χ1n) is 10.2. The van der Waals surface area contributed by atoms with Crippen LogP contribution in [0.2, 0.25) is 5.02 Å². The Labute approximate surface area is 184 Å². The predicted molar refractivity (Wildman–Crippen MR) is 123 cm³/mol. The predicted octanol–water partition coefficient (Wildman–Crippen LogP) is 4.50. The number of benzene rings is 1. The fraction of sp³-hybridized carbons (Fsp3) is 0.364. The molecule has 30 heavy (non-hydrogen) atoms. The Morgan fingerprint density at radius 1 is 1.20 bits per heavy atom. The molecule has 1 aliphatic heterocycles. The number of rotatable bonds is 3. The summed E-state index contributed by atoms with van der Waals surface area (Å²) in [7, 11) is 0. The molecule has 0 spiro atoms. The molecule has 1 aromatic carbocycles. The van der Waals surface area contributed by atoms with E-state index in [-0.39, 0.29) is 5.91 Å². The van der Waals surface area contributed by atoms with Crippen molar-refractivity contribution >= 4 is 56.3 Å². The first-order valence-corrected chi connectivity index (χ1v) is 11.4. The van der Waals surface area contributed by atoms with Gasteiger partial charge in [-0.3, -0.25) is 4.79 Å². The molecule has 1 fully saturated rings. The first-order chi connectivity index (χ1) is 14.6. The van der Waals surface area contributed by atoms with Crippen LogP contribution in [0.15, 0.2) is 24.3 Å². The summed E-state index contributed by atoms with van der Waals surface area (Å²) in [6.45, 7) is 3.12. The van der Waals surface area contributed by atoms with Crippen molar-refractivity contribution < 1.29 is 9.53 Å². The SMILES string of the molecule is Nc1c(C(=O)Nc2cccc(Cl)c2)sc2nc(N3CCOCC3)c3c(c12)CCCC3. The van der Waals surface area contributed by atoms with E-state index in [0.29, 0.717) is 34.5 Å². The molecule has 3 heterocycles. The summed E-state index contributed by atoms with van der Waals surface area (Å²) in [4.78, 5) is 21.7. The monoisotopic (exact) mass is 442 g/mol. The highest BCUT2D eigenvalue weighted by Gasteiger charge is 2.27. The van der Waals surface area contributed by atoms with Crippen LogP contribution in [-0.4, -0.2) is 37.2 Å². The highest BCUT2D eigenvalue weighted by molar-refractivity contribution is 7.21. The molecule has 0 bridgehead atoms. The van der Waals surface area contributed by atoms with Crippen molar-refractivity contribution in [3.63, 3.8) is 0 Å². The van der Waals surface area contributed by atoms with E-state index in [2.05, 4.69) is 10.2 Å². The van der Waals surface area contributed by atoms with E-state index in [9.17, 15) is 4.79 Å². The number of anilines is 3. The maximum absolute atomic E-state index is 13.0. The van der Waals surface area contributed by atoms with Gasteiger partial charge in [-0.1, -0.05) is 17.7 Å². The highest BCUT2D eigenvalue weighted by atomic mass is 35.5. The van der Waals surface area contributed by atoms with Gasteiger partial charge in [0.1, 0.15) is 15.5 Å². The standard InChI is InChI=1S/C22H23ClN4O2S/c23-13-4-3-5-14(12-13)25-21(28)19-18(24)17-15-6-1-2-7-16(15)20(26-22(17)30-19)27-8-10-29-11-9-27/h3-5,12H,1-2,6-11,24H2,(H,25,28). The van der Waals surface area contributed by atoms with Gasteiger partial charge in [-0.15, -0.1) is 11.3 Å². The van der Waals surface area contributed by atoms with Crippen LogP contribution < -0.4 is 16.0 Å². The Bertz CT molecular complexity index is 1120. The molecule has 0 atom stereocenters. The number of aryl methyl sites for hydroxylation is 1. The Morgan fingerprint density at radius 3 is 2.73 bits per heavy atom.